The van der Waals surface area contributed by atoms with Crippen LogP contribution in [0.25, 0.3) is 10.9 Å². The molecule has 1 saturated heterocycles. The van der Waals surface area contributed by atoms with E-state index >= 15 is 4.39 Å². The largest absolute Gasteiger partial charge is 0.497 e. The smallest absolute Gasteiger partial charge is 0.308 e. The van der Waals surface area contributed by atoms with Gasteiger partial charge in [0.05, 0.1) is 18.5 Å². The molecule has 3 aromatic rings. The number of fused-ring (bicyclic) bond motifs is 1. The number of benzene rings is 1. The number of halogens is 1. The van der Waals surface area contributed by atoms with E-state index in [1.165, 1.54) is 5.56 Å². The number of hydrogen-bond donors (Lipinski definition) is 1. The molecule has 7 heteroatoms. The molecule has 0 saturated carbocycles. The average molecular weight is 485 g/mol. The van der Waals surface area contributed by atoms with E-state index in [-0.39, 0.29) is 5.92 Å². The SMILES string of the molecule is COc1ccc2nccc([C@H](F)CC[C@@H]3CCN(CCCCc4ccsc4)C[C@@H]3C(=O)O)c2c1. The predicted molar refractivity (Wildman–Crippen MR) is 134 cm³/mol. The number of ether oxygens (including phenoxy) is 1. The normalized spacial score (nSPS) is 19.8. The Morgan fingerprint density at radius 3 is 2.97 bits per heavy atom. The highest BCUT2D eigenvalue weighted by atomic mass is 32.1. The standard InChI is InChI=1S/C27H33FN2O3S/c1-33-21-6-8-26-23(16-21)22(9-12-29-26)25(28)7-5-20-10-14-30(17-24(20)27(31)32)13-3-2-4-19-11-15-34-18-19/h6,8-9,11-12,15-16,18,20,24-25H,2-5,7,10,13-14,17H2,1H3,(H,31,32)/t20-,24+,25-/m1/s1. The van der Waals surface area contributed by atoms with Crippen molar-refractivity contribution < 1.29 is 19.0 Å². The van der Waals surface area contributed by atoms with Gasteiger partial charge in [0.2, 0.25) is 0 Å². The molecule has 3 heterocycles. The number of likely N-dealkylation sites (tertiary alicyclic amines) is 1. The van der Waals surface area contributed by atoms with E-state index in [1.807, 2.05) is 18.2 Å². The summed E-state index contributed by atoms with van der Waals surface area (Å²) >= 11 is 1.73. The Morgan fingerprint density at radius 2 is 2.21 bits per heavy atom. The van der Waals surface area contributed by atoms with Gasteiger partial charge in [-0.3, -0.25) is 9.78 Å². The van der Waals surface area contributed by atoms with E-state index in [4.69, 9.17) is 4.74 Å². The second-order valence-electron chi connectivity index (χ2n) is 9.21. The molecule has 5 nitrogen and oxygen atoms in total. The first-order valence-corrected chi connectivity index (χ1v) is 13.0. The molecule has 1 aliphatic heterocycles. The number of hydrogen-bond acceptors (Lipinski definition) is 5. The third-order valence-corrected chi connectivity index (χ3v) is 7.77. The molecular formula is C27H33FN2O3S. The molecule has 2 aromatic heterocycles. The van der Waals surface area contributed by atoms with Crippen LogP contribution in [-0.2, 0) is 11.2 Å². The topological polar surface area (TPSA) is 62.7 Å². The number of aryl methyl sites for hydroxylation is 1. The molecule has 1 aliphatic rings. The molecule has 1 N–H and O–H groups in total. The van der Waals surface area contributed by atoms with Crippen molar-refractivity contribution >= 4 is 28.2 Å². The van der Waals surface area contributed by atoms with Crippen molar-refractivity contribution in [2.45, 2.75) is 44.7 Å². The van der Waals surface area contributed by atoms with Crippen molar-refractivity contribution in [3.05, 3.63) is 58.4 Å². The van der Waals surface area contributed by atoms with Crippen LogP contribution in [-0.4, -0.2) is 47.7 Å². The number of alkyl halides is 1. The van der Waals surface area contributed by atoms with Gasteiger partial charge in [-0.05, 0) is 110 Å². The molecule has 0 unspecified atom stereocenters. The molecule has 3 atom stereocenters. The Morgan fingerprint density at radius 1 is 1.32 bits per heavy atom. The number of thiophene rings is 1. The number of aromatic nitrogens is 1. The number of rotatable bonds is 11. The van der Waals surface area contributed by atoms with Crippen LogP contribution in [0, 0.1) is 11.8 Å². The molecule has 0 radical (unpaired) electrons. The molecule has 0 bridgehead atoms. The molecule has 34 heavy (non-hydrogen) atoms. The number of unbranched alkanes of at least 4 members (excludes halogenated alkanes) is 1. The van der Waals surface area contributed by atoms with Crippen LogP contribution in [0.15, 0.2) is 47.3 Å². The molecule has 0 aliphatic carbocycles. The lowest BCUT2D eigenvalue weighted by atomic mass is 9.81. The number of carboxylic acids is 1. The Labute approximate surface area is 204 Å². The van der Waals surface area contributed by atoms with E-state index in [9.17, 15) is 9.90 Å². The first-order valence-electron chi connectivity index (χ1n) is 12.1. The summed E-state index contributed by atoms with van der Waals surface area (Å²) in [6, 6.07) is 9.36. The van der Waals surface area contributed by atoms with E-state index in [1.54, 1.807) is 30.7 Å². The summed E-state index contributed by atoms with van der Waals surface area (Å²) in [7, 11) is 1.59. The second-order valence-corrected chi connectivity index (χ2v) is 9.99. The Bertz CT molecular complexity index is 1070. The predicted octanol–water partition coefficient (Wildman–Crippen LogP) is 6.14. The number of methoxy groups -OCH3 is 1. The summed E-state index contributed by atoms with van der Waals surface area (Å²) in [6.45, 7) is 2.38. The number of nitrogens with zero attached hydrogens (tertiary/aromatic N) is 2. The highest BCUT2D eigenvalue weighted by Gasteiger charge is 2.34. The summed E-state index contributed by atoms with van der Waals surface area (Å²) in [5.74, 6) is -0.530. The summed E-state index contributed by atoms with van der Waals surface area (Å²) in [5.41, 5.74) is 2.71. The molecule has 4 rings (SSSR count). The minimum Gasteiger partial charge on any atom is -0.497 e. The van der Waals surface area contributed by atoms with Crippen LogP contribution in [0.5, 0.6) is 5.75 Å². The fourth-order valence-electron chi connectivity index (χ4n) is 5.06. The second kappa shape index (κ2) is 11.8. The maximum atomic E-state index is 15.4. The van der Waals surface area contributed by atoms with Gasteiger partial charge in [-0.15, -0.1) is 0 Å². The van der Waals surface area contributed by atoms with Gasteiger partial charge in [-0.1, -0.05) is 0 Å². The van der Waals surface area contributed by atoms with Crippen LogP contribution in [0.4, 0.5) is 4.39 Å². The van der Waals surface area contributed by atoms with Gasteiger partial charge in [-0.25, -0.2) is 4.39 Å². The van der Waals surface area contributed by atoms with Crippen LogP contribution in [0.2, 0.25) is 0 Å². The number of aliphatic carboxylic acids is 1. The van der Waals surface area contributed by atoms with Crippen molar-refractivity contribution in [3.63, 3.8) is 0 Å². The fraction of sp³-hybridized carbons (Fsp3) is 0.481. The average Bonchev–Trinajstić information content (AvgIpc) is 3.38. The lowest BCUT2D eigenvalue weighted by Crippen LogP contribution is -2.44. The number of carboxylic acid groups (broad SMARTS) is 1. The van der Waals surface area contributed by atoms with Crippen LogP contribution < -0.4 is 4.74 Å². The first-order chi connectivity index (χ1) is 16.5. The van der Waals surface area contributed by atoms with Gasteiger partial charge in [0.15, 0.2) is 0 Å². The van der Waals surface area contributed by atoms with Gasteiger partial charge in [0.25, 0.3) is 0 Å². The monoisotopic (exact) mass is 484 g/mol. The first kappa shape index (κ1) is 24.6. The fourth-order valence-corrected chi connectivity index (χ4v) is 5.76. The summed E-state index contributed by atoms with van der Waals surface area (Å²) in [5, 5.41) is 14.9. The zero-order valence-electron chi connectivity index (χ0n) is 19.7. The van der Waals surface area contributed by atoms with Crippen LogP contribution in [0.3, 0.4) is 0 Å². The van der Waals surface area contributed by atoms with Crippen molar-refractivity contribution in [2.24, 2.45) is 11.8 Å². The van der Waals surface area contributed by atoms with Gasteiger partial charge >= 0.3 is 5.97 Å². The Balaban J connectivity index is 1.31. The van der Waals surface area contributed by atoms with Crippen LogP contribution >= 0.6 is 11.3 Å². The van der Waals surface area contributed by atoms with Crippen LogP contribution in [0.1, 0.15) is 49.4 Å². The van der Waals surface area contributed by atoms with Gasteiger partial charge in [-0.2, -0.15) is 11.3 Å². The van der Waals surface area contributed by atoms with Crippen molar-refractivity contribution in [1.82, 2.24) is 9.88 Å². The lowest BCUT2D eigenvalue weighted by Gasteiger charge is -2.37. The van der Waals surface area contributed by atoms with E-state index < -0.39 is 18.1 Å². The molecular weight excluding hydrogens is 451 g/mol. The molecule has 1 aromatic carbocycles. The molecule has 182 valence electrons. The lowest BCUT2D eigenvalue weighted by molar-refractivity contribution is -0.146. The van der Waals surface area contributed by atoms with Gasteiger partial charge in [0.1, 0.15) is 11.9 Å². The van der Waals surface area contributed by atoms with Gasteiger partial charge < -0.3 is 14.7 Å². The Hall–Kier alpha value is -2.51. The number of piperidine rings is 1. The summed E-state index contributed by atoms with van der Waals surface area (Å²) < 4.78 is 20.7. The zero-order chi connectivity index (χ0) is 23.9. The third-order valence-electron chi connectivity index (χ3n) is 7.04. The summed E-state index contributed by atoms with van der Waals surface area (Å²) in [4.78, 5) is 18.6. The number of pyridine rings is 1. The Kier molecular flexibility index (Phi) is 8.51. The van der Waals surface area contributed by atoms with E-state index in [2.05, 4.69) is 26.7 Å². The minimum atomic E-state index is -1.16. The molecule has 0 spiro atoms. The number of carbonyl (C=O) groups is 1. The van der Waals surface area contributed by atoms with Gasteiger partial charge in [0, 0.05) is 18.1 Å². The quantitative estimate of drug-likeness (QED) is 0.331. The highest BCUT2D eigenvalue weighted by Crippen LogP contribution is 2.35. The van der Waals surface area contributed by atoms with Crippen molar-refractivity contribution in [2.75, 3.05) is 26.7 Å². The van der Waals surface area contributed by atoms with Crippen molar-refractivity contribution in [3.8, 4) is 5.75 Å². The maximum absolute atomic E-state index is 15.4. The third kappa shape index (κ3) is 6.13. The minimum absolute atomic E-state index is 0.000411. The maximum Gasteiger partial charge on any atom is 0.308 e. The zero-order valence-corrected chi connectivity index (χ0v) is 20.5. The molecule has 1 fully saturated rings. The van der Waals surface area contributed by atoms with Crippen molar-refractivity contribution in [1.29, 1.82) is 0 Å². The summed E-state index contributed by atoms with van der Waals surface area (Å²) in [6.07, 6.45) is 5.41. The van der Waals surface area contributed by atoms with E-state index in [0.29, 0.717) is 30.7 Å². The van der Waals surface area contributed by atoms with E-state index in [0.717, 1.165) is 49.7 Å². The molecule has 0 amide bonds. The highest BCUT2D eigenvalue weighted by molar-refractivity contribution is 7.07.